The summed E-state index contributed by atoms with van der Waals surface area (Å²) in [5.74, 6) is 0.359. The second kappa shape index (κ2) is 6.93. The third-order valence-corrected chi connectivity index (χ3v) is 4.17. The molecule has 2 rings (SSSR count). The Labute approximate surface area is 116 Å². The summed E-state index contributed by atoms with van der Waals surface area (Å²) in [6.45, 7) is 1.40. The molecule has 0 bridgehead atoms. The molecule has 0 spiro atoms. The van der Waals surface area contributed by atoms with Crippen molar-refractivity contribution >= 4 is 17.7 Å². The van der Waals surface area contributed by atoms with Gasteiger partial charge in [0.05, 0.1) is 24.3 Å². The summed E-state index contributed by atoms with van der Waals surface area (Å²) < 4.78 is 7.05. The van der Waals surface area contributed by atoms with E-state index >= 15 is 0 Å². The van der Waals surface area contributed by atoms with Gasteiger partial charge in [0.15, 0.2) is 5.16 Å². The van der Waals surface area contributed by atoms with E-state index in [4.69, 9.17) is 9.84 Å². The van der Waals surface area contributed by atoms with Gasteiger partial charge in [0, 0.05) is 26.3 Å². The van der Waals surface area contributed by atoms with Gasteiger partial charge in [0.25, 0.3) is 0 Å². The van der Waals surface area contributed by atoms with Gasteiger partial charge in [0.1, 0.15) is 0 Å². The summed E-state index contributed by atoms with van der Waals surface area (Å²) >= 11 is 1.38. The van der Waals surface area contributed by atoms with Gasteiger partial charge in [-0.3, -0.25) is 4.79 Å². The molecule has 6 nitrogen and oxygen atoms in total. The number of carbonyl (C=O) groups is 1. The highest BCUT2D eigenvalue weighted by molar-refractivity contribution is 7.99. The summed E-state index contributed by atoms with van der Waals surface area (Å²) in [7, 11) is 1.83. The second-order valence-corrected chi connectivity index (χ2v) is 5.43. The van der Waals surface area contributed by atoms with E-state index in [1.165, 1.54) is 11.8 Å². The van der Waals surface area contributed by atoms with E-state index in [0.717, 1.165) is 36.9 Å². The zero-order chi connectivity index (χ0) is 13.7. The molecule has 0 saturated carbocycles. The van der Waals surface area contributed by atoms with E-state index in [9.17, 15) is 4.79 Å². The minimum Gasteiger partial charge on any atom is -0.390 e. The monoisotopic (exact) mass is 285 g/mol. The van der Waals surface area contributed by atoms with Crippen molar-refractivity contribution < 1.29 is 14.6 Å². The lowest BCUT2D eigenvalue weighted by Gasteiger charge is -2.22. The molecule has 1 amide bonds. The lowest BCUT2D eigenvalue weighted by Crippen LogP contribution is -2.39. The van der Waals surface area contributed by atoms with Crippen LogP contribution in [0.25, 0.3) is 0 Å². The number of hydrogen-bond acceptors (Lipinski definition) is 5. The summed E-state index contributed by atoms with van der Waals surface area (Å²) in [6.07, 6.45) is 3.39. The molecule has 1 aliphatic heterocycles. The summed E-state index contributed by atoms with van der Waals surface area (Å²) in [4.78, 5) is 16.0. The van der Waals surface area contributed by atoms with Gasteiger partial charge < -0.3 is 19.7 Å². The standard InChI is InChI=1S/C12H19N3O3S/c1-15-10(7-16)6-13-12(15)19-8-11(17)14-9-2-4-18-5-3-9/h6,9,16H,2-5,7-8H2,1H3,(H,14,17). The third kappa shape index (κ3) is 3.95. The van der Waals surface area contributed by atoms with Crippen molar-refractivity contribution in [3.63, 3.8) is 0 Å². The Morgan fingerprint density at radius 2 is 2.37 bits per heavy atom. The first kappa shape index (κ1) is 14.4. The molecule has 19 heavy (non-hydrogen) atoms. The van der Waals surface area contributed by atoms with Crippen LogP contribution in [0.5, 0.6) is 0 Å². The van der Waals surface area contributed by atoms with Crippen molar-refractivity contribution in [2.75, 3.05) is 19.0 Å². The fourth-order valence-electron chi connectivity index (χ4n) is 1.95. The van der Waals surface area contributed by atoms with E-state index in [-0.39, 0.29) is 18.6 Å². The average molecular weight is 285 g/mol. The van der Waals surface area contributed by atoms with Gasteiger partial charge in [-0.15, -0.1) is 0 Å². The maximum Gasteiger partial charge on any atom is 0.230 e. The quantitative estimate of drug-likeness (QED) is 0.761. The molecule has 2 heterocycles. The number of amides is 1. The fraction of sp³-hybridized carbons (Fsp3) is 0.667. The van der Waals surface area contributed by atoms with Gasteiger partial charge in [-0.05, 0) is 12.8 Å². The highest BCUT2D eigenvalue weighted by Gasteiger charge is 2.16. The summed E-state index contributed by atoms with van der Waals surface area (Å²) in [5.41, 5.74) is 0.743. The highest BCUT2D eigenvalue weighted by atomic mass is 32.2. The molecule has 1 aromatic rings. The number of imidazole rings is 1. The van der Waals surface area contributed by atoms with Gasteiger partial charge in [0.2, 0.25) is 5.91 Å². The van der Waals surface area contributed by atoms with Crippen molar-refractivity contribution in [1.82, 2.24) is 14.9 Å². The Balaban J connectivity index is 1.77. The predicted molar refractivity (Wildman–Crippen MR) is 71.8 cm³/mol. The third-order valence-electron chi connectivity index (χ3n) is 3.12. The minimum absolute atomic E-state index is 0.0189. The molecule has 0 aromatic carbocycles. The molecular weight excluding hydrogens is 266 g/mol. The first-order chi connectivity index (χ1) is 9.20. The number of rotatable bonds is 5. The smallest absolute Gasteiger partial charge is 0.230 e. The first-order valence-corrected chi connectivity index (χ1v) is 7.30. The Hall–Kier alpha value is -1.05. The van der Waals surface area contributed by atoms with Gasteiger partial charge in [-0.2, -0.15) is 0 Å². The van der Waals surface area contributed by atoms with Gasteiger partial charge in [-0.25, -0.2) is 4.98 Å². The molecule has 1 aliphatic rings. The maximum atomic E-state index is 11.8. The van der Waals surface area contributed by atoms with Crippen molar-refractivity contribution in [2.45, 2.75) is 30.6 Å². The number of nitrogens with one attached hydrogen (secondary N) is 1. The number of aliphatic hydroxyl groups excluding tert-OH is 1. The molecule has 2 N–H and O–H groups in total. The SMILES string of the molecule is Cn1c(CO)cnc1SCC(=O)NC1CCOCC1. The molecule has 0 radical (unpaired) electrons. The summed E-state index contributed by atoms with van der Waals surface area (Å²) in [6, 6.07) is 0.233. The summed E-state index contributed by atoms with van der Waals surface area (Å²) in [5, 5.41) is 12.8. The van der Waals surface area contributed by atoms with Gasteiger partial charge in [-0.1, -0.05) is 11.8 Å². The Kier molecular flexibility index (Phi) is 5.24. The van der Waals surface area contributed by atoms with E-state index in [1.54, 1.807) is 10.8 Å². The van der Waals surface area contributed by atoms with Crippen LogP contribution in [0, 0.1) is 0 Å². The largest absolute Gasteiger partial charge is 0.390 e. The molecular formula is C12H19N3O3S. The second-order valence-electron chi connectivity index (χ2n) is 4.49. The number of carbonyl (C=O) groups excluding carboxylic acids is 1. The number of ether oxygens (including phenoxy) is 1. The van der Waals surface area contributed by atoms with Gasteiger partial charge >= 0.3 is 0 Å². The Bertz CT molecular complexity index is 430. The van der Waals surface area contributed by atoms with Crippen molar-refractivity contribution in [3.8, 4) is 0 Å². The number of aliphatic hydroxyl groups is 1. The predicted octanol–water partition coefficient (Wildman–Crippen LogP) is 0.300. The van der Waals surface area contributed by atoms with Crippen LogP contribution in [-0.2, 0) is 23.2 Å². The number of aromatic nitrogens is 2. The van der Waals surface area contributed by atoms with Crippen molar-refractivity contribution in [3.05, 3.63) is 11.9 Å². The van der Waals surface area contributed by atoms with Crippen LogP contribution in [0.1, 0.15) is 18.5 Å². The molecule has 0 atom stereocenters. The number of hydrogen-bond donors (Lipinski definition) is 2. The van der Waals surface area contributed by atoms with Crippen LogP contribution in [0.3, 0.4) is 0 Å². The molecule has 1 saturated heterocycles. The van der Waals surface area contributed by atoms with Crippen LogP contribution in [0.4, 0.5) is 0 Å². The van der Waals surface area contributed by atoms with Crippen molar-refractivity contribution in [1.29, 1.82) is 0 Å². The van der Waals surface area contributed by atoms with Crippen LogP contribution in [0.2, 0.25) is 0 Å². The van der Waals surface area contributed by atoms with Crippen LogP contribution >= 0.6 is 11.8 Å². The van der Waals surface area contributed by atoms with E-state index in [2.05, 4.69) is 10.3 Å². The normalized spacial score (nSPS) is 16.5. The van der Waals surface area contributed by atoms with Crippen molar-refractivity contribution in [2.24, 2.45) is 7.05 Å². The zero-order valence-electron chi connectivity index (χ0n) is 11.0. The Morgan fingerprint density at radius 3 is 3.00 bits per heavy atom. The maximum absolute atomic E-state index is 11.8. The lowest BCUT2D eigenvalue weighted by molar-refractivity contribution is -0.119. The average Bonchev–Trinajstić information content (AvgIpc) is 2.78. The lowest BCUT2D eigenvalue weighted by atomic mass is 10.1. The first-order valence-electron chi connectivity index (χ1n) is 6.32. The molecule has 1 fully saturated rings. The van der Waals surface area contributed by atoms with Crippen LogP contribution < -0.4 is 5.32 Å². The molecule has 1 aromatic heterocycles. The Morgan fingerprint density at radius 1 is 1.63 bits per heavy atom. The fourth-order valence-corrected chi connectivity index (χ4v) is 2.73. The van der Waals surface area contributed by atoms with Crippen LogP contribution in [-0.4, -0.2) is 45.6 Å². The molecule has 0 unspecified atom stereocenters. The molecule has 7 heteroatoms. The zero-order valence-corrected chi connectivity index (χ0v) is 11.8. The highest BCUT2D eigenvalue weighted by Crippen LogP contribution is 2.17. The molecule has 0 aliphatic carbocycles. The van der Waals surface area contributed by atoms with E-state index in [1.807, 2.05) is 7.05 Å². The molecule has 106 valence electrons. The minimum atomic E-state index is -0.0433. The topological polar surface area (TPSA) is 76.4 Å². The number of nitrogens with zero attached hydrogens (tertiary/aromatic N) is 2. The van der Waals surface area contributed by atoms with E-state index in [0.29, 0.717) is 5.75 Å². The number of thioether (sulfide) groups is 1. The van der Waals surface area contributed by atoms with E-state index < -0.39 is 0 Å². The van der Waals surface area contributed by atoms with Crippen LogP contribution in [0.15, 0.2) is 11.4 Å².